The van der Waals surface area contributed by atoms with Crippen LogP contribution in [0.25, 0.3) is 16.5 Å². The summed E-state index contributed by atoms with van der Waals surface area (Å²) in [5.41, 5.74) is 8.12. The van der Waals surface area contributed by atoms with Crippen molar-refractivity contribution in [3.05, 3.63) is 53.8 Å². The molecule has 1 aliphatic rings. The number of hydrogen-bond donors (Lipinski definition) is 1. The fourth-order valence-electron chi connectivity index (χ4n) is 3.17. The maximum absolute atomic E-state index is 4.51. The Kier molecular flexibility index (Phi) is 3.30. The predicted octanol–water partition coefficient (Wildman–Crippen LogP) is 3.54. The fraction of sp³-hybridized carbons (Fsp3) is 0.278. The average molecular weight is 279 g/mol. The van der Waals surface area contributed by atoms with Gasteiger partial charge in [-0.05, 0) is 36.7 Å². The molecule has 0 saturated heterocycles. The molecule has 2 aromatic rings. The number of benzene rings is 1. The van der Waals surface area contributed by atoms with Crippen LogP contribution in [0.3, 0.4) is 0 Å². The number of hydrogen-bond acceptors (Lipinski definition) is 2. The second-order valence-electron chi connectivity index (χ2n) is 5.79. The summed E-state index contributed by atoms with van der Waals surface area (Å²) in [4.78, 5) is 10.4. The highest BCUT2D eigenvalue weighted by Crippen LogP contribution is 2.34. The zero-order valence-electron chi connectivity index (χ0n) is 13.0. The predicted molar refractivity (Wildman–Crippen MR) is 91.1 cm³/mol. The summed E-state index contributed by atoms with van der Waals surface area (Å²) < 4.78 is 0. The molecule has 0 unspecified atom stereocenters. The van der Waals surface area contributed by atoms with Crippen LogP contribution in [0.15, 0.2) is 36.4 Å². The molecule has 0 atom stereocenters. The van der Waals surface area contributed by atoms with E-state index in [1.54, 1.807) is 0 Å². The standard InChI is InChI=1S/C18H21N3/c1-6-12(3)13-7-11(2)8-14-17(13)18-15(19-4)9-21(5)10-16(18)20-14/h6-8,20H,1,3,9-10H2,2,4-5H3. The maximum atomic E-state index is 4.51. The minimum Gasteiger partial charge on any atom is -0.357 e. The van der Waals surface area contributed by atoms with Crippen LogP contribution in [0.2, 0.25) is 0 Å². The molecule has 0 saturated carbocycles. The number of H-pyrrole nitrogens is 1. The number of aromatic amines is 1. The number of aromatic nitrogens is 1. The number of allylic oxidation sites excluding steroid dienone is 2. The van der Waals surface area contributed by atoms with Crippen LogP contribution >= 0.6 is 0 Å². The second kappa shape index (κ2) is 5.01. The lowest BCUT2D eigenvalue weighted by Crippen LogP contribution is -2.32. The van der Waals surface area contributed by atoms with Gasteiger partial charge in [0.15, 0.2) is 0 Å². The molecule has 2 heterocycles. The van der Waals surface area contributed by atoms with Gasteiger partial charge in [-0.15, -0.1) is 0 Å². The average Bonchev–Trinajstić information content (AvgIpc) is 2.81. The molecule has 21 heavy (non-hydrogen) atoms. The largest absolute Gasteiger partial charge is 0.357 e. The van der Waals surface area contributed by atoms with E-state index in [9.17, 15) is 0 Å². The number of nitrogens with one attached hydrogen (secondary N) is 1. The topological polar surface area (TPSA) is 31.4 Å². The third-order valence-corrected chi connectivity index (χ3v) is 4.12. The first-order valence-corrected chi connectivity index (χ1v) is 7.16. The van der Waals surface area contributed by atoms with Gasteiger partial charge in [0.2, 0.25) is 0 Å². The zero-order chi connectivity index (χ0) is 15.1. The summed E-state index contributed by atoms with van der Waals surface area (Å²) in [5.74, 6) is 0. The number of rotatable bonds is 2. The molecule has 3 rings (SSSR count). The summed E-state index contributed by atoms with van der Waals surface area (Å²) in [6.45, 7) is 11.9. The van der Waals surface area contributed by atoms with Crippen molar-refractivity contribution in [1.82, 2.24) is 9.88 Å². The van der Waals surface area contributed by atoms with Gasteiger partial charge in [0.25, 0.3) is 0 Å². The lowest BCUT2D eigenvalue weighted by Gasteiger charge is -2.24. The molecular weight excluding hydrogens is 258 g/mol. The van der Waals surface area contributed by atoms with E-state index in [-0.39, 0.29) is 0 Å². The molecule has 1 aliphatic heterocycles. The Bertz CT molecular complexity index is 777. The molecule has 1 aromatic heterocycles. The maximum Gasteiger partial charge on any atom is 0.0582 e. The van der Waals surface area contributed by atoms with Crippen LogP contribution in [0.1, 0.15) is 22.4 Å². The normalized spacial score (nSPS) is 17.2. The summed E-state index contributed by atoms with van der Waals surface area (Å²) in [6.07, 6.45) is 1.82. The smallest absolute Gasteiger partial charge is 0.0582 e. The zero-order valence-corrected chi connectivity index (χ0v) is 13.0. The van der Waals surface area contributed by atoms with E-state index in [0.717, 1.165) is 35.5 Å². The summed E-state index contributed by atoms with van der Waals surface area (Å²) >= 11 is 0. The summed E-state index contributed by atoms with van der Waals surface area (Å²) in [5, 5.41) is 1.23. The highest BCUT2D eigenvalue weighted by atomic mass is 15.1. The highest BCUT2D eigenvalue weighted by molar-refractivity contribution is 6.16. The molecule has 0 amide bonds. The lowest BCUT2D eigenvalue weighted by molar-refractivity contribution is 0.362. The Morgan fingerprint density at radius 3 is 2.81 bits per heavy atom. The van der Waals surface area contributed by atoms with Gasteiger partial charge in [0.05, 0.1) is 5.71 Å². The number of aryl methyl sites for hydroxylation is 1. The molecule has 1 N–H and O–H groups in total. The minimum atomic E-state index is 0.879. The van der Waals surface area contributed by atoms with Gasteiger partial charge in [-0.3, -0.25) is 9.89 Å². The number of nitrogens with zero attached hydrogens (tertiary/aromatic N) is 2. The van der Waals surface area contributed by atoms with Crippen molar-refractivity contribution in [2.45, 2.75) is 13.5 Å². The van der Waals surface area contributed by atoms with E-state index in [0.29, 0.717) is 0 Å². The van der Waals surface area contributed by atoms with E-state index in [4.69, 9.17) is 0 Å². The highest BCUT2D eigenvalue weighted by Gasteiger charge is 2.25. The van der Waals surface area contributed by atoms with Gasteiger partial charge < -0.3 is 4.98 Å². The summed E-state index contributed by atoms with van der Waals surface area (Å²) in [7, 11) is 3.99. The molecule has 0 fully saturated rings. The van der Waals surface area contributed by atoms with Crippen LogP contribution in [0.4, 0.5) is 0 Å². The van der Waals surface area contributed by atoms with Crippen molar-refractivity contribution >= 4 is 22.2 Å². The van der Waals surface area contributed by atoms with Crippen molar-refractivity contribution in [3.63, 3.8) is 0 Å². The second-order valence-corrected chi connectivity index (χ2v) is 5.79. The van der Waals surface area contributed by atoms with E-state index in [2.05, 4.69) is 54.1 Å². The van der Waals surface area contributed by atoms with Gasteiger partial charge in [-0.25, -0.2) is 0 Å². The Hall–Kier alpha value is -2.13. The molecular formula is C18H21N3. The number of likely N-dealkylation sites (N-methyl/N-ethyl adjacent to an activating group) is 1. The van der Waals surface area contributed by atoms with Crippen molar-refractivity contribution in [3.8, 4) is 0 Å². The molecule has 3 nitrogen and oxygen atoms in total. The van der Waals surface area contributed by atoms with E-state index in [1.807, 2.05) is 13.1 Å². The quantitative estimate of drug-likeness (QED) is 0.838. The molecule has 3 heteroatoms. The van der Waals surface area contributed by atoms with Gasteiger partial charge >= 0.3 is 0 Å². The molecule has 0 spiro atoms. The van der Waals surface area contributed by atoms with Crippen LogP contribution in [0.5, 0.6) is 0 Å². The lowest BCUT2D eigenvalue weighted by atomic mass is 9.93. The van der Waals surface area contributed by atoms with E-state index in [1.165, 1.54) is 22.2 Å². The van der Waals surface area contributed by atoms with Crippen LogP contribution in [-0.2, 0) is 6.54 Å². The van der Waals surface area contributed by atoms with Gasteiger partial charge in [0.1, 0.15) is 0 Å². The van der Waals surface area contributed by atoms with Crippen LogP contribution < -0.4 is 0 Å². The van der Waals surface area contributed by atoms with Crippen molar-refractivity contribution < 1.29 is 0 Å². The Morgan fingerprint density at radius 1 is 1.38 bits per heavy atom. The Balaban J connectivity index is 2.40. The summed E-state index contributed by atoms with van der Waals surface area (Å²) in [6, 6.07) is 4.38. The first kappa shape index (κ1) is 13.8. The molecule has 0 bridgehead atoms. The third kappa shape index (κ3) is 2.14. The number of fused-ring (bicyclic) bond motifs is 3. The Labute approximate surface area is 125 Å². The molecule has 0 radical (unpaired) electrons. The minimum absolute atomic E-state index is 0.879. The van der Waals surface area contributed by atoms with E-state index >= 15 is 0 Å². The third-order valence-electron chi connectivity index (χ3n) is 4.12. The van der Waals surface area contributed by atoms with Crippen LogP contribution in [0, 0.1) is 6.92 Å². The fourth-order valence-corrected chi connectivity index (χ4v) is 3.17. The van der Waals surface area contributed by atoms with Crippen molar-refractivity contribution in [2.24, 2.45) is 4.99 Å². The number of aliphatic imine (C=N–C) groups is 1. The monoisotopic (exact) mass is 279 g/mol. The van der Waals surface area contributed by atoms with Crippen molar-refractivity contribution in [2.75, 3.05) is 20.6 Å². The first-order valence-electron chi connectivity index (χ1n) is 7.16. The van der Waals surface area contributed by atoms with Gasteiger partial charge in [0, 0.05) is 42.3 Å². The van der Waals surface area contributed by atoms with E-state index < -0.39 is 0 Å². The first-order chi connectivity index (χ1) is 10.0. The molecule has 1 aromatic carbocycles. The SMILES string of the molecule is C=CC(=C)c1cc(C)cc2[nH]c3c(c12)C(=NC)CN(C)C3. The van der Waals surface area contributed by atoms with Gasteiger partial charge in [-0.2, -0.15) is 0 Å². The molecule has 108 valence electrons. The van der Waals surface area contributed by atoms with Crippen molar-refractivity contribution in [1.29, 1.82) is 0 Å². The van der Waals surface area contributed by atoms with Gasteiger partial charge in [-0.1, -0.05) is 25.3 Å². The van der Waals surface area contributed by atoms with Crippen LogP contribution in [-0.4, -0.2) is 36.2 Å². The molecule has 0 aliphatic carbocycles. The Morgan fingerprint density at radius 2 is 2.14 bits per heavy atom.